The molecule has 70 valence electrons. The molecule has 12 heavy (non-hydrogen) atoms. The molecule has 0 radical (unpaired) electrons. The number of carbonyl (C=O) groups is 2. The number of nitrogens with zero attached hydrogens (tertiary/aromatic N) is 1. The molecule has 0 aromatic heterocycles. The third-order valence-corrected chi connectivity index (χ3v) is 1.64. The zero-order valence-corrected chi connectivity index (χ0v) is 7.32. The Labute approximate surface area is 72.2 Å². The number of unbranched alkanes of at least 4 members (excludes halogenated alkanes) is 3. The van der Waals surface area contributed by atoms with Gasteiger partial charge in [0.25, 0.3) is 0 Å². The summed E-state index contributed by atoms with van der Waals surface area (Å²) in [5.74, 6) is 0. The van der Waals surface area contributed by atoms with Gasteiger partial charge >= 0.3 is 6.09 Å². The minimum Gasteiger partial charge on any atom is -0.465 e. The fraction of sp³-hybridized carbons (Fsp3) is 0.750. The van der Waals surface area contributed by atoms with Crippen LogP contribution in [0.15, 0.2) is 0 Å². The van der Waals surface area contributed by atoms with Gasteiger partial charge in [0.15, 0.2) is 0 Å². The van der Waals surface area contributed by atoms with Crippen LogP contribution in [0, 0.1) is 0 Å². The molecule has 0 saturated carbocycles. The molecule has 0 unspecified atom stereocenters. The Hall–Kier alpha value is -1.06. The number of hydrogen-bond acceptors (Lipinski definition) is 2. The van der Waals surface area contributed by atoms with Crippen molar-refractivity contribution in [3.63, 3.8) is 0 Å². The quantitative estimate of drug-likeness (QED) is 0.487. The highest BCUT2D eigenvalue weighted by atomic mass is 16.4. The van der Waals surface area contributed by atoms with E-state index in [4.69, 9.17) is 5.11 Å². The molecular weight excluding hydrogens is 158 g/mol. The zero-order valence-electron chi connectivity index (χ0n) is 7.32. The Morgan fingerprint density at radius 3 is 2.58 bits per heavy atom. The molecule has 0 atom stereocenters. The molecule has 0 aliphatic rings. The van der Waals surface area contributed by atoms with Crippen molar-refractivity contribution in [3.8, 4) is 0 Å². The lowest BCUT2D eigenvalue weighted by Gasteiger charge is -2.11. The lowest BCUT2D eigenvalue weighted by Crippen LogP contribution is -2.25. The highest BCUT2D eigenvalue weighted by molar-refractivity contribution is 5.64. The maximum atomic E-state index is 10.3. The van der Waals surface area contributed by atoms with Gasteiger partial charge in [0, 0.05) is 20.0 Å². The van der Waals surface area contributed by atoms with E-state index in [1.807, 2.05) is 0 Å². The van der Waals surface area contributed by atoms with Crippen molar-refractivity contribution < 1.29 is 14.7 Å². The van der Waals surface area contributed by atoms with Crippen molar-refractivity contribution in [2.45, 2.75) is 25.7 Å². The Morgan fingerprint density at radius 1 is 1.42 bits per heavy atom. The molecule has 0 heterocycles. The molecule has 0 aliphatic carbocycles. The molecule has 1 amide bonds. The zero-order chi connectivity index (χ0) is 9.40. The van der Waals surface area contributed by atoms with Crippen molar-refractivity contribution in [3.05, 3.63) is 0 Å². The number of carboxylic acid groups (broad SMARTS) is 1. The Bertz CT molecular complexity index is 147. The van der Waals surface area contributed by atoms with Gasteiger partial charge < -0.3 is 14.8 Å². The average molecular weight is 173 g/mol. The molecule has 0 bridgehead atoms. The van der Waals surface area contributed by atoms with E-state index in [0.29, 0.717) is 13.0 Å². The summed E-state index contributed by atoms with van der Waals surface area (Å²) < 4.78 is 0. The number of amides is 1. The first-order valence-electron chi connectivity index (χ1n) is 4.06. The molecule has 0 aliphatic heterocycles. The topological polar surface area (TPSA) is 57.6 Å². The van der Waals surface area contributed by atoms with E-state index < -0.39 is 6.09 Å². The number of carbonyl (C=O) groups excluding carboxylic acids is 1. The van der Waals surface area contributed by atoms with E-state index in [9.17, 15) is 9.59 Å². The Balaban J connectivity index is 3.19. The summed E-state index contributed by atoms with van der Waals surface area (Å²) in [5.41, 5.74) is 0. The molecule has 4 nitrogen and oxygen atoms in total. The lowest BCUT2D eigenvalue weighted by atomic mass is 10.2. The molecule has 0 aromatic carbocycles. The van der Waals surface area contributed by atoms with Gasteiger partial charge in [-0.1, -0.05) is 6.42 Å². The number of hydrogen-bond donors (Lipinski definition) is 1. The third-order valence-electron chi connectivity index (χ3n) is 1.64. The average Bonchev–Trinajstić information content (AvgIpc) is 2.03. The molecule has 0 spiro atoms. The largest absolute Gasteiger partial charge is 0.465 e. The maximum Gasteiger partial charge on any atom is 0.407 e. The van der Waals surface area contributed by atoms with E-state index in [1.165, 1.54) is 4.90 Å². The molecule has 1 N–H and O–H groups in total. The van der Waals surface area contributed by atoms with Gasteiger partial charge in [-0.2, -0.15) is 0 Å². The first kappa shape index (κ1) is 10.9. The summed E-state index contributed by atoms with van der Waals surface area (Å²) >= 11 is 0. The van der Waals surface area contributed by atoms with E-state index in [1.54, 1.807) is 7.05 Å². The second kappa shape index (κ2) is 6.64. The fourth-order valence-electron chi connectivity index (χ4n) is 0.849. The summed E-state index contributed by atoms with van der Waals surface area (Å²) in [6, 6.07) is 0. The maximum absolute atomic E-state index is 10.3. The Morgan fingerprint density at radius 2 is 2.08 bits per heavy atom. The highest BCUT2D eigenvalue weighted by Crippen LogP contribution is 1.99. The van der Waals surface area contributed by atoms with Gasteiger partial charge in [0.2, 0.25) is 0 Å². The van der Waals surface area contributed by atoms with Crippen molar-refractivity contribution in [2.75, 3.05) is 13.6 Å². The van der Waals surface area contributed by atoms with Crippen LogP contribution in [0.3, 0.4) is 0 Å². The standard InChI is InChI=1S/C8H15NO3/c1-9(8(11)12)6-4-2-3-5-7-10/h7H,2-6H2,1H3,(H,11,12). The van der Waals surface area contributed by atoms with Crippen molar-refractivity contribution in [1.82, 2.24) is 4.90 Å². The van der Waals surface area contributed by atoms with E-state index in [2.05, 4.69) is 0 Å². The molecule has 0 rings (SSSR count). The highest BCUT2D eigenvalue weighted by Gasteiger charge is 2.02. The van der Waals surface area contributed by atoms with Crippen LogP contribution in [0.25, 0.3) is 0 Å². The predicted octanol–water partition coefficient (Wildman–Crippen LogP) is 1.36. The second-order valence-corrected chi connectivity index (χ2v) is 2.72. The Kier molecular flexibility index (Phi) is 6.05. The summed E-state index contributed by atoms with van der Waals surface area (Å²) in [4.78, 5) is 21.4. The van der Waals surface area contributed by atoms with Crippen LogP contribution >= 0.6 is 0 Å². The normalized spacial score (nSPS) is 9.42. The van der Waals surface area contributed by atoms with Gasteiger partial charge in [-0.15, -0.1) is 0 Å². The van der Waals surface area contributed by atoms with Gasteiger partial charge in [-0.25, -0.2) is 4.79 Å². The number of rotatable bonds is 6. The van der Waals surface area contributed by atoms with Gasteiger partial charge in [0.1, 0.15) is 6.29 Å². The molecule has 0 aromatic rings. The minimum atomic E-state index is -0.898. The first-order chi connectivity index (χ1) is 5.68. The van der Waals surface area contributed by atoms with Crippen LogP contribution in [0.4, 0.5) is 4.79 Å². The van der Waals surface area contributed by atoms with Crippen LogP contribution < -0.4 is 0 Å². The summed E-state index contributed by atoms with van der Waals surface area (Å²) in [6.07, 6.45) is 3.17. The van der Waals surface area contributed by atoms with Crippen LogP contribution in [0.5, 0.6) is 0 Å². The molecule has 0 fully saturated rings. The number of aldehydes is 1. The van der Waals surface area contributed by atoms with Crippen molar-refractivity contribution >= 4 is 12.4 Å². The minimum absolute atomic E-state index is 0.550. The van der Waals surface area contributed by atoms with Crippen molar-refractivity contribution in [2.24, 2.45) is 0 Å². The lowest BCUT2D eigenvalue weighted by molar-refractivity contribution is -0.107. The summed E-state index contributed by atoms with van der Waals surface area (Å²) in [5, 5.41) is 8.45. The SMILES string of the molecule is CN(CCCCCC=O)C(=O)O. The third kappa shape index (κ3) is 5.70. The van der Waals surface area contributed by atoms with E-state index in [0.717, 1.165) is 25.5 Å². The monoisotopic (exact) mass is 173 g/mol. The van der Waals surface area contributed by atoms with Crippen molar-refractivity contribution in [1.29, 1.82) is 0 Å². The predicted molar refractivity (Wildman–Crippen MR) is 45.2 cm³/mol. The van der Waals surface area contributed by atoms with Crippen LogP contribution in [-0.4, -0.2) is 36.0 Å². The van der Waals surface area contributed by atoms with Gasteiger partial charge in [-0.3, -0.25) is 0 Å². The first-order valence-corrected chi connectivity index (χ1v) is 4.06. The smallest absolute Gasteiger partial charge is 0.407 e. The van der Waals surface area contributed by atoms with E-state index in [-0.39, 0.29) is 0 Å². The summed E-state index contributed by atoms with van der Waals surface area (Å²) in [6.45, 7) is 0.550. The van der Waals surface area contributed by atoms with Crippen LogP contribution in [0.2, 0.25) is 0 Å². The summed E-state index contributed by atoms with van der Waals surface area (Å²) in [7, 11) is 1.54. The molecule has 4 heteroatoms. The van der Waals surface area contributed by atoms with Crippen LogP contribution in [-0.2, 0) is 4.79 Å². The van der Waals surface area contributed by atoms with Crippen LogP contribution in [0.1, 0.15) is 25.7 Å². The van der Waals surface area contributed by atoms with Gasteiger partial charge in [0.05, 0.1) is 0 Å². The second-order valence-electron chi connectivity index (χ2n) is 2.72. The molecule has 0 saturated heterocycles. The fourth-order valence-corrected chi connectivity index (χ4v) is 0.849. The van der Waals surface area contributed by atoms with Gasteiger partial charge in [-0.05, 0) is 12.8 Å². The van der Waals surface area contributed by atoms with E-state index >= 15 is 0 Å². The molecular formula is C8H15NO3.